The third-order valence-corrected chi connectivity index (χ3v) is 8.58. The van der Waals surface area contributed by atoms with Crippen LogP contribution < -0.4 is 5.32 Å². The average Bonchev–Trinajstić information content (AvgIpc) is 3.55. The maximum Gasteiger partial charge on any atom is 0.341 e. The van der Waals surface area contributed by atoms with Crippen molar-refractivity contribution in [3.63, 3.8) is 0 Å². The molecule has 3 aromatic heterocycles. The first-order valence-corrected chi connectivity index (χ1v) is 13.4. The minimum atomic E-state index is -0.387. The van der Waals surface area contributed by atoms with E-state index in [9.17, 15) is 9.59 Å². The van der Waals surface area contributed by atoms with E-state index in [1.807, 2.05) is 0 Å². The van der Waals surface area contributed by atoms with Gasteiger partial charge in [-0.2, -0.15) is 0 Å². The Morgan fingerprint density at radius 3 is 2.84 bits per heavy atom. The summed E-state index contributed by atoms with van der Waals surface area (Å²) in [5.41, 5.74) is 2.61. The minimum Gasteiger partial charge on any atom is -0.465 e. The number of nitrogens with one attached hydrogen (secondary N) is 1. The number of anilines is 1. The normalized spacial score (nSPS) is 12.7. The van der Waals surface area contributed by atoms with Crippen LogP contribution in [-0.4, -0.2) is 39.5 Å². The number of rotatable bonds is 9. The lowest BCUT2D eigenvalue weighted by Gasteiger charge is -2.09. The molecule has 0 radical (unpaired) electrons. The van der Waals surface area contributed by atoms with Crippen LogP contribution in [0.5, 0.6) is 0 Å². The highest BCUT2D eigenvalue weighted by Gasteiger charge is 2.28. The number of hydrogen-bond donors (Lipinski definition) is 1. The van der Waals surface area contributed by atoms with Crippen LogP contribution in [0.15, 0.2) is 16.6 Å². The highest BCUT2D eigenvalue weighted by molar-refractivity contribution is 7.99. The van der Waals surface area contributed by atoms with E-state index in [4.69, 9.17) is 4.74 Å². The van der Waals surface area contributed by atoms with E-state index in [1.54, 1.807) is 11.3 Å². The van der Waals surface area contributed by atoms with Crippen molar-refractivity contribution in [2.45, 2.75) is 57.7 Å². The van der Waals surface area contributed by atoms with E-state index in [0.29, 0.717) is 10.6 Å². The summed E-state index contributed by atoms with van der Waals surface area (Å²) in [6.45, 7) is 5.04. The van der Waals surface area contributed by atoms with Crippen LogP contribution in [0.25, 0.3) is 11.4 Å². The van der Waals surface area contributed by atoms with Crippen LogP contribution in [0.3, 0.4) is 0 Å². The maximum absolute atomic E-state index is 12.7. The molecule has 10 heteroatoms. The fourth-order valence-corrected chi connectivity index (χ4v) is 6.69. The first-order chi connectivity index (χ1) is 15.5. The van der Waals surface area contributed by atoms with Crippen molar-refractivity contribution in [3.05, 3.63) is 32.3 Å². The highest BCUT2D eigenvalue weighted by Crippen LogP contribution is 2.39. The van der Waals surface area contributed by atoms with E-state index in [2.05, 4.69) is 45.4 Å². The smallest absolute Gasteiger partial charge is 0.341 e. The molecule has 1 amide bonds. The van der Waals surface area contributed by atoms with Crippen LogP contribution in [0.1, 0.15) is 52.4 Å². The number of thioether (sulfide) groups is 1. The summed E-state index contributed by atoms with van der Waals surface area (Å²) in [4.78, 5) is 27.5. The molecule has 170 valence electrons. The molecule has 1 N–H and O–H groups in total. The van der Waals surface area contributed by atoms with Gasteiger partial charge in [-0.3, -0.25) is 4.79 Å². The van der Waals surface area contributed by atoms with Crippen molar-refractivity contribution in [2.24, 2.45) is 0 Å². The Morgan fingerprint density at radius 1 is 1.28 bits per heavy atom. The number of ether oxygens (including phenoxy) is 1. The molecule has 32 heavy (non-hydrogen) atoms. The van der Waals surface area contributed by atoms with Gasteiger partial charge < -0.3 is 14.6 Å². The molecule has 0 saturated carbocycles. The maximum atomic E-state index is 12.7. The number of nitrogens with zero attached hydrogens (tertiary/aromatic N) is 3. The standard InChI is InChI=1S/C22H26N4O3S3/c1-4-9-26-19(13-10-14(5-2)30-11-13)24-25-22(26)31-12-17(27)23-20-18(21(28)29-3)15-7-6-8-16(15)32-20/h10-11H,4-9,12H2,1-3H3,(H,23,27). The summed E-state index contributed by atoms with van der Waals surface area (Å²) >= 11 is 4.57. The van der Waals surface area contributed by atoms with Gasteiger partial charge in [0, 0.05) is 27.2 Å². The molecule has 1 aliphatic rings. The summed E-state index contributed by atoms with van der Waals surface area (Å²) < 4.78 is 7.04. The van der Waals surface area contributed by atoms with Crippen molar-refractivity contribution < 1.29 is 14.3 Å². The number of methoxy groups -OCH3 is 1. The number of aryl methyl sites for hydroxylation is 2. The molecule has 0 aliphatic heterocycles. The first kappa shape index (κ1) is 23.0. The lowest BCUT2D eigenvalue weighted by atomic mass is 10.1. The number of esters is 1. The monoisotopic (exact) mass is 490 g/mol. The zero-order chi connectivity index (χ0) is 22.7. The Labute approximate surface area is 199 Å². The van der Waals surface area contributed by atoms with E-state index in [-0.39, 0.29) is 17.6 Å². The number of hydrogen-bond acceptors (Lipinski definition) is 8. The van der Waals surface area contributed by atoms with E-state index < -0.39 is 0 Å². The molecule has 0 saturated heterocycles. The number of carbonyl (C=O) groups is 2. The van der Waals surface area contributed by atoms with E-state index in [0.717, 1.165) is 60.8 Å². The van der Waals surface area contributed by atoms with Crippen LogP contribution in [-0.2, 0) is 35.3 Å². The Balaban J connectivity index is 1.47. The molecule has 3 heterocycles. The minimum absolute atomic E-state index is 0.170. The Kier molecular flexibility index (Phi) is 7.32. The number of aromatic nitrogens is 3. The van der Waals surface area contributed by atoms with Gasteiger partial charge >= 0.3 is 5.97 Å². The lowest BCUT2D eigenvalue weighted by molar-refractivity contribution is -0.113. The predicted molar refractivity (Wildman–Crippen MR) is 130 cm³/mol. The van der Waals surface area contributed by atoms with Crippen molar-refractivity contribution >= 4 is 51.3 Å². The quantitative estimate of drug-likeness (QED) is 0.334. The van der Waals surface area contributed by atoms with Gasteiger partial charge in [0.15, 0.2) is 11.0 Å². The molecular formula is C22H26N4O3S3. The van der Waals surface area contributed by atoms with Gasteiger partial charge in [0.1, 0.15) is 5.00 Å². The van der Waals surface area contributed by atoms with Gasteiger partial charge in [-0.25, -0.2) is 4.79 Å². The second-order valence-corrected chi connectivity index (χ2v) is 10.5. The third kappa shape index (κ3) is 4.62. The first-order valence-electron chi connectivity index (χ1n) is 10.7. The van der Waals surface area contributed by atoms with Gasteiger partial charge in [-0.1, -0.05) is 25.6 Å². The molecule has 0 spiro atoms. The van der Waals surface area contributed by atoms with Crippen molar-refractivity contribution in [1.29, 1.82) is 0 Å². The van der Waals surface area contributed by atoms with Gasteiger partial charge in [0.2, 0.25) is 5.91 Å². The lowest BCUT2D eigenvalue weighted by Crippen LogP contribution is -2.16. The number of amides is 1. The molecule has 0 atom stereocenters. The van der Waals surface area contributed by atoms with Crippen LogP contribution >= 0.6 is 34.4 Å². The molecule has 0 bridgehead atoms. The Hall–Kier alpha value is -2.17. The molecule has 0 aromatic carbocycles. The molecule has 7 nitrogen and oxygen atoms in total. The SMILES string of the molecule is CCCn1c(SCC(=O)Nc2sc3c(c2C(=O)OC)CCC3)nnc1-c1csc(CC)c1. The van der Waals surface area contributed by atoms with E-state index >= 15 is 0 Å². The summed E-state index contributed by atoms with van der Waals surface area (Å²) in [5, 5.41) is 15.1. The van der Waals surface area contributed by atoms with Crippen LogP contribution in [0.4, 0.5) is 5.00 Å². The zero-order valence-corrected chi connectivity index (χ0v) is 20.8. The predicted octanol–water partition coefficient (Wildman–Crippen LogP) is 5.05. The molecule has 4 rings (SSSR count). The van der Waals surface area contributed by atoms with Gasteiger partial charge in [-0.05, 0) is 43.7 Å². The summed E-state index contributed by atoms with van der Waals surface area (Å²) in [7, 11) is 1.37. The zero-order valence-electron chi connectivity index (χ0n) is 18.4. The summed E-state index contributed by atoms with van der Waals surface area (Å²) in [5.74, 6) is 0.473. The fraction of sp³-hybridized carbons (Fsp3) is 0.455. The second kappa shape index (κ2) is 10.2. The van der Waals surface area contributed by atoms with Crippen LogP contribution in [0, 0.1) is 0 Å². The van der Waals surface area contributed by atoms with E-state index in [1.165, 1.54) is 40.0 Å². The van der Waals surface area contributed by atoms with Gasteiger partial charge in [-0.15, -0.1) is 32.9 Å². The molecule has 0 fully saturated rings. The molecule has 0 unspecified atom stereocenters. The second-order valence-electron chi connectivity index (χ2n) is 7.50. The average molecular weight is 491 g/mol. The number of carbonyl (C=O) groups excluding carboxylic acids is 2. The van der Waals surface area contributed by atoms with Crippen molar-refractivity contribution in [3.8, 4) is 11.4 Å². The topological polar surface area (TPSA) is 86.1 Å². The fourth-order valence-electron chi connectivity index (χ4n) is 3.82. The Morgan fingerprint density at radius 2 is 2.12 bits per heavy atom. The number of fused-ring (bicyclic) bond motifs is 1. The third-order valence-electron chi connectivity index (χ3n) is 5.32. The molecular weight excluding hydrogens is 464 g/mol. The summed E-state index contributed by atoms with van der Waals surface area (Å²) in [6.07, 6.45) is 4.77. The largest absolute Gasteiger partial charge is 0.465 e. The van der Waals surface area contributed by atoms with Crippen molar-refractivity contribution in [2.75, 3.05) is 18.2 Å². The number of thiophene rings is 2. The van der Waals surface area contributed by atoms with Gasteiger partial charge in [0.25, 0.3) is 0 Å². The van der Waals surface area contributed by atoms with Crippen LogP contribution in [0.2, 0.25) is 0 Å². The highest BCUT2D eigenvalue weighted by atomic mass is 32.2. The Bertz CT molecular complexity index is 1130. The van der Waals surface area contributed by atoms with Gasteiger partial charge in [0.05, 0.1) is 18.4 Å². The molecule has 1 aliphatic carbocycles. The molecule has 3 aromatic rings. The summed E-state index contributed by atoms with van der Waals surface area (Å²) in [6, 6.07) is 2.16. The van der Waals surface area contributed by atoms with Crippen molar-refractivity contribution in [1.82, 2.24) is 14.8 Å².